The molecule has 0 unspecified atom stereocenters. The van der Waals surface area contributed by atoms with E-state index in [0.29, 0.717) is 5.92 Å². The Morgan fingerprint density at radius 3 is 2.50 bits per heavy atom. The van der Waals surface area contributed by atoms with Crippen LogP contribution in [0.4, 0.5) is 0 Å². The van der Waals surface area contributed by atoms with Gasteiger partial charge in [-0.05, 0) is 29.9 Å². The third-order valence-electron chi connectivity index (χ3n) is 3.27. The molecule has 1 saturated carbocycles. The molecule has 1 aliphatic carbocycles. The van der Waals surface area contributed by atoms with Crippen LogP contribution in [-0.4, -0.2) is 5.11 Å². The number of benzene rings is 1. The first-order valence-electron chi connectivity index (χ1n) is 5.60. The van der Waals surface area contributed by atoms with Crippen molar-refractivity contribution in [2.45, 2.75) is 44.6 Å². The van der Waals surface area contributed by atoms with Gasteiger partial charge in [0, 0.05) is 0 Å². The molecule has 1 N–H and O–H groups in total. The van der Waals surface area contributed by atoms with Crippen LogP contribution in [0.3, 0.4) is 0 Å². The van der Waals surface area contributed by atoms with Gasteiger partial charge in [-0.1, -0.05) is 43.5 Å². The lowest BCUT2D eigenvalue weighted by Gasteiger charge is -2.23. The summed E-state index contributed by atoms with van der Waals surface area (Å²) in [6.45, 7) is 0.187. The molecule has 14 heavy (non-hydrogen) atoms. The Morgan fingerprint density at radius 2 is 1.79 bits per heavy atom. The van der Waals surface area contributed by atoms with Crippen molar-refractivity contribution in [1.82, 2.24) is 0 Å². The maximum Gasteiger partial charge on any atom is 0.0684 e. The number of hydrogen-bond donors (Lipinski definition) is 1. The fourth-order valence-corrected chi connectivity index (χ4v) is 2.49. The lowest BCUT2D eigenvalue weighted by molar-refractivity contribution is 0.278. The first-order valence-corrected chi connectivity index (χ1v) is 5.60. The monoisotopic (exact) mass is 190 g/mol. The predicted octanol–water partition coefficient (Wildman–Crippen LogP) is 3.23. The SMILES string of the molecule is OCc1ccccc1C1CCCCC1. The Morgan fingerprint density at radius 1 is 1.07 bits per heavy atom. The van der Waals surface area contributed by atoms with Gasteiger partial charge in [0.25, 0.3) is 0 Å². The van der Waals surface area contributed by atoms with E-state index >= 15 is 0 Å². The van der Waals surface area contributed by atoms with Gasteiger partial charge in [-0.25, -0.2) is 0 Å². The summed E-state index contributed by atoms with van der Waals surface area (Å²) < 4.78 is 0. The van der Waals surface area contributed by atoms with Gasteiger partial charge >= 0.3 is 0 Å². The van der Waals surface area contributed by atoms with Crippen LogP contribution >= 0.6 is 0 Å². The topological polar surface area (TPSA) is 20.2 Å². The maximum atomic E-state index is 9.25. The van der Waals surface area contributed by atoms with E-state index in [0.717, 1.165) is 5.56 Å². The number of aliphatic hydroxyl groups excluding tert-OH is 1. The highest BCUT2D eigenvalue weighted by molar-refractivity contribution is 5.30. The molecule has 1 heteroatoms. The summed E-state index contributed by atoms with van der Waals surface area (Å²) in [5.41, 5.74) is 2.51. The molecule has 1 aromatic carbocycles. The van der Waals surface area contributed by atoms with Crippen LogP contribution in [0.15, 0.2) is 24.3 Å². The van der Waals surface area contributed by atoms with Crippen molar-refractivity contribution in [3.05, 3.63) is 35.4 Å². The molecule has 0 aromatic heterocycles. The molecule has 1 fully saturated rings. The molecular weight excluding hydrogens is 172 g/mol. The molecule has 1 nitrogen and oxygen atoms in total. The number of hydrogen-bond acceptors (Lipinski definition) is 1. The Bertz CT molecular complexity index is 287. The zero-order chi connectivity index (χ0) is 9.80. The maximum absolute atomic E-state index is 9.25. The molecule has 0 bridgehead atoms. The average molecular weight is 190 g/mol. The van der Waals surface area contributed by atoms with Crippen LogP contribution in [-0.2, 0) is 6.61 Å². The van der Waals surface area contributed by atoms with Gasteiger partial charge in [0.2, 0.25) is 0 Å². The molecular formula is C13H18O. The van der Waals surface area contributed by atoms with Gasteiger partial charge in [0.15, 0.2) is 0 Å². The molecule has 0 spiro atoms. The number of aliphatic hydroxyl groups is 1. The highest BCUT2D eigenvalue weighted by atomic mass is 16.3. The minimum atomic E-state index is 0.187. The summed E-state index contributed by atoms with van der Waals surface area (Å²) in [5, 5.41) is 9.25. The summed E-state index contributed by atoms with van der Waals surface area (Å²) >= 11 is 0. The van der Waals surface area contributed by atoms with Crippen LogP contribution in [0.5, 0.6) is 0 Å². The standard InChI is InChI=1S/C13H18O/c14-10-12-8-4-5-9-13(12)11-6-2-1-3-7-11/h4-5,8-9,11,14H,1-3,6-7,10H2. The second-order valence-electron chi connectivity index (χ2n) is 4.19. The fourth-order valence-electron chi connectivity index (χ4n) is 2.49. The average Bonchev–Trinajstić information content (AvgIpc) is 2.30. The minimum absolute atomic E-state index is 0.187. The fraction of sp³-hybridized carbons (Fsp3) is 0.538. The van der Waals surface area contributed by atoms with Crippen molar-refractivity contribution in [3.63, 3.8) is 0 Å². The highest BCUT2D eigenvalue weighted by Gasteiger charge is 2.17. The lowest BCUT2D eigenvalue weighted by Crippen LogP contribution is -2.07. The summed E-state index contributed by atoms with van der Waals surface area (Å²) in [4.78, 5) is 0. The van der Waals surface area contributed by atoms with E-state index in [9.17, 15) is 5.11 Å². The third kappa shape index (κ3) is 1.98. The van der Waals surface area contributed by atoms with Gasteiger partial charge in [0.1, 0.15) is 0 Å². The molecule has 1 aliphatic rings. The highest BCUT2D eigenvalue weighted by Crippen LogP contribution is 2.34. The Kier molecular flexibility index (Phi) is 3.20. The van der Waals surface area contributed by atoms with Gasteiger partial charge in [0.05, 0.1) is 6.61 Å². The van der Waals surface area contributed by atoms with Crippen molar-refractivity contribution in [2.75, 3.05) is 0 Å². The van der Waals surface area contributed by atoms with Crippen molar-refractivity contribution in [2.24, 2.45) is 0 Å². The van der Waals surface area contributed by atoms with Crippen LogP contribution < -0.4 is 0 Å². The van der Waals surface area contributed by atoms with Crippen molar-refractivity contribution < 1.29 is 5.11 Å². The van der Waals surface area contributed by atoms with E-state index in [1.54, 1.807) is 0 Å². The van der Waals surface area contributed by atoms with Crippen LogP contribution in [0.2, 0.25) is 0 Å². The zero-order valence-corrected chi connectivity index (χ0v) is 8.58. The molecule has 0 atom stereocenters. The van der Waals surface area contributed by atoms with Gasteiger partial charge in [-0.2, -0.15) is 0 Å². The van der Waals surface area contributed by atoms with E-state index in [2.05, 4.69) is 12.1 Å². The Hall–Kier alpha value is -0.820. The smallest absolute Gasteiger partial charge is 0.0684 e. The summed E-state index contributed by atoms with van der Waals surface area (Å²) in [6, 6.07) is 8.33. The summed E-state index contributed by atoms with van der Waals surface area (Å²) in [7, 11) is 0. The molecule has 2 rings (SSSR count). The van der Waals surface area contributed by atoms with Gasteiger partial charge in [-0.3, -0.25) is 0 Å². The lowest BCUT2D eigenvalue weighted by atomic mass is 9.82. The molecule has 0 heterocycles. The molecule has 0 amide bonds. The van der Waals surface area contributed by atoms with Gasteiger partial charge < -0.3 is 5.11 Å². The summed E-state index contributed by atoms with van der Waals surface area (Å²) in [6.07, 6.45) is 6.70. The van der Waals surface area contributed by atoms with Crippen LogP contribution in [0.1, 0.15) is 49.1 Å². The van der Waals surface area contributed by atoms with E-state index in [-0.39, 0.29) is 6.61 Å². The second-order valence-corrected chi connectivity index (χ2v) is 4.19. The van der Waals surface area contributed by atoms with Crippen LogP contribution in [0, 0.1) is 0 Å². The van der Waals surface area contributed by atoms with Crippen molar-refractivity contribution in [3.8, 4) is 0 Å². The Labute approximate surface area is 85.8 Å². The first-order chi connectivity index (χ1) is 6.92. The summed E-state index contributed by atoms with van der Waals surface area (Å²) in [5.74, 6) is 0.701. The zero-order valence-electron chi connectivity index (χ0n) is 8.58. The predicted molar refractivity (Wildman–Crippen MR) is 58.2 cm³/mol. The van der Waals surface area contributed by atoms with E-state index < -0.39 is 0 Å². The van der Waals surface area contributed by atoms with Crippen molar-refractivity contribution in [1.29, 1.82) is 0 Å². The molecule has 1 aromatic rings. The Balaban J connectivity index is 2.20. The largest absolute Gasteiger partial charge is 0.392 e. The van der Waals surface area contributed by atoms with Crippen molar-refractivity contribution >= 4 is 0 Å². The third-order valence-corrected chi connectivity index (χ3v) is 3.27. The molecule has 76 valence electrons. The second kappa shape index (κ2) is 4.61. The minimum Gasteiger partial charge on any atom is -0.392 e. The number of rotatable bonds is 2. The van der Waals surface area contributed by atoms with E-state index in [1.165, 1.54) is 37.7 Å². The van der Waals surface area contributed by atoms with Crippen LogP contribution in [0.25, 0.3) is 0 Å². The molecule has 0 radical (unpaired) electrons. The molecule has 0 saturated heterocycles. The quantitative estimate of drug-likeness (QED) is 0.759. The normalized spacial score (nSPS) is 18.4. The molecule has 0 aliphatic heterocycles. The van der Waals surface area contributed by atoms with Gasteiger partial charge in [-0.15, -0.1) is 0 Å². The van der Waals surface area contributed by atoms with E-state index in [1.807, 2.05) is 12.1 Å². The first kappa shape index (κ1) is 9.72. The van der Waals surface area contributed by atoms with E-state index in [4.69, 9.17) is 0 Å².